The highest BCUT2D eigenvalue weighted by Gasteiger charge is 2.33. The molecule has 0 spiro atoms. The Hall–Kier alpha value is -2.17. The van der Waals surface area contributed by atoms with Crippen LogP contribution in [0.5, 0.6) is 0 Å². The molecule has 5 nitrogen and oxygen atoms in total. The number of aromatic nitrogens is 2. The third-order valence-electron chi connectivity index (χ3n) is 3.44. The Labute approximate surface area is 104 Å². The van der Waals surface area contributed by atoms with Crippen molar-refractivity contribution < 1.29 is 9.59 Å². The summed E-state index contributed by atoms with van der Waals surface area (Å²) in [7, 11) is 1.54. The number of fused-ring (bicyclic) bond motifs is 1. The second-order valence-corrected chi connectivity index (χ2v) is 4.49. The molecule has 1 atom stereocenters. The number of para-hydroxylation sites is 2. The van der Waals surface area contributed by atoms with Crippen molar-refractivity contribution in [3.05, 3.63) is 30.6 Å². The lowest BCUT2D eigenvalue weighted by Gasteiger charge is -2.28. The van der Waals surface area contributed by atoms with Crippen LogP contribution in [0.4, 0.5) is 0 Å². The van der Waals surface area contributed by atoms with Gasteiger partial charge in [0.05, 0.1) is 17.4 Å². The Morgan fingerprint density at radius 1 is 1.28 bits per heavy atom. The molecule has 0 bridgehead atoms. The zero-order chi connectivity index (χ0) is 12.7. The number of amides is 2. The predicted octanol–water partition coefficient (Wildman–Crippen LogP) is 1.36. The van der Waals surface area contributed by atoms with Crippen molar-refractivity contribution >= 4 is 22.8 Å². The minimum absolute atomic E-state index is 0.110. The Morgan fingerprint density at radius 2 is 2.06 bits per heavy atom. The molecule has 92 valence electrons. The molecule has 0 radical (unpaired) electrons. The highest BCUT2D eigenvalue weighted by Crippen LogP contribution is 2.26. The van der Waals surface area contributed by atoms with Crippen LogP contribution in [0.25, 0.3) is 11.0 Å². The molecule has 2 heterocycles. The zero-order valence-corrected chi connectivity index (χ0v) is 10.0. The van der Waals surface area contributed by atoms with Crippen LogP contribution in [-0.4, -0.2) is 33.3 Å². The maximum Gasteiger partial charge on any atom is 0.252 e. The molecule has 3 rings (SSSR count). The van der Waals surface area contributed by atoms with Gasteiger partial charge in [0.2, 0.25) is 5.91 Å². The Kier molecular flexibility index (Phi) is 2.40. The van der Waals surface area contributed by atoms with Crippen LogP contribution in [0, 0.1) is 0 Å². The standard InChI is InChI=1S/C13H13N3O2/c1-15-12(17)7-6-11(13(15)18)16-8-14-9-4-2-3-5-10(9)16/h2-5,8,11H,6-7H2,1H3. The zero-order valence-electron chi connectivity index (χ0n) is 10.0. The predicted molar refractivity (Wildman–Crippen MR) is 65.8 cm³/mol. The number of rotatable bonds is 1. The van der Waals surface area contributed by atoms with E-state index in [2.05, 4.69) is 4.98 Å². The molecule has 1 aromatic carbocycles. The summed E-state index contributed by atoms with van der Waals surface area (Å²) in [5, 5.41) is 0. The molecule has 0 N–H and O–H groups in total. The van der Waals surface area contributed by atoms with Crippen LogP contribution in [-0.2, 0) is 9.59 Å². The topological polar surface area (TPSA) is 55.2 Å². The molecule has 0 aliphatic carbocycles. The first-order chi connectivity index (χ1) is 8.68. The van der Waals surface area contributed by atoms with Crippen molar-refractivity contribution in [2.75, 3.05) is 7.05 Å². The van der Waals surface area contributed by atoms with Crippen LogP contribution in [0.15, 0.2) is 30.6 Å². The Balaban J connectivity index is 2.05. The van der Waals surface area contributed by atoms with Gasteiger partial charge in [0.25, 0.3) is 5.91 Å². The number of benzene rings is 1. The van der Waals surface area contributed by atoms with E-state index in [1.165, 1.54) is 11.9 Å². The van der Waals surface area contributed by atoms with E-state index in [4.69, 9.17) is 0 Å². The van der Waals surface area contributed by atoms with Gasteiger partial charge in [0.15, 0.2) is 0 Å². The van der Waals surface area contributed by atoms with Gasteiger partial charge in [-0.05, 0) is 18.6 Å². The van der Waals surface area contributed by atoms with Crippen molar-refractivity contribution in [1.29, 1.82) is 0 Å². The molecule has 1 aromatic heterocycles. The van der Waals surface area contributed by atoms with E-state index >= 15 is 0 Å². The average molecular weight is 243 g/mol. The van der Waals surface area contributed by atoms with E-state index in [1.807, 2.05) is 28.8 Å². The third-order valence-corrected chi connectivity index (χ3v) is 3.44. The first-order valence-electron chi connectivity index (χ1n) is 5.90. The number of imide groups is 1. The van der Waals surface area contributed by atoms with Gasteiger partial charge < -0.3 is 4.57 Å². The molecular formula is C13H13N3O2. The van der Waals surface area contributed by atoms with Gasteiger partial charge in [-0.25, -0.2) is 4.98 Å². The number of imidazole rings is 1. The molecule has 1 saturated heterocycles. The molecule has 1 aliphatic heterocycles. The molecule has 18 heavy (non-hydrogen) atoms. The highest BCUT2D eigenvalue weighted by atomic mass is 16.2. The first kappa shape index (κ1) is 11.0. The summed E-state index contributed by atoms with van der Waals surface area (Å²) >= 11 is 0. The minimum Gasteiger partial charge on any atom is -0.318 e. The van der Waals surface area contributed by atoms with E-state index in [0.717, 1.165) is 11.0 Å². The van der Waals surface area contributed by atoms with Crippen molar-refractivity contribution in [2.24, 2.45) is 0 Å². The smallest absolute Gasteiger partial charge is 0.252 e. The Morgan fingerprint density at radius 3 is 2.89 bits per heavy atom. The number of piperidine rings is 1. The highest BCUT2D eigenvalue weighted by molar-refractivity contribution is 5.99. The minimum atomic E-state index is -0.319. The maximum atomic E-state index is 12.1. The van der Waals surface area contributed by atoms with E-state index in [9.17, 15) is 9.59 Å². The third kappa shape index (κ3) is 1.51. The van der Waals surface area contributed by atoms with Gasteiger partial charge in [-0.1, -0.05) is 12.1 Å². The molecule has 2 aromatic rings. The largest absolute Gasteiger partial charge is 0.318 e. The summed E-state index contributed by atoms with van der Waals surface area (Å²) in [5.41, 5.74) is 1.79. The number of hydrogen-bond donors (Lipinski definition) is 0. The second-order valence-electron chi connectivity index (χ2n) is 4.49. The Bertz CT molecular complexity index is 632. The van der Waals surface area contributed by atoms with E-state index in [-0.39, 0.29) is 17.9 Å². The normalized spacial score (nSPS) is 20.7. The molecule has 1 aliphatic rings. The molecule has 2 amide bonds. The number of carbonyl (C=O) groups is 2. The van der Waals surface area contributed by atoms with Crippen molar-refractivity contribution in [1.82, 2.24) is 14.5 Å². The van der Waals surface area contributed by atoms with Crippen LogP contribution in [0.2, 0.25) is 0 Å². The van der Waals surface area contributed by atoms with Gasteiger partial charge >= 0.3 is 0 Å². The summed E-state index contributed by atoms with van der Waals surface area (Å²) in [6.07, 6.45) is 2.62. The van der Waals surface area contributed by atoms with E-state index < -0.39 is 0 Å². The second kappa shape index (κ2) is 3.94. The number of carbonyl (C=O) groups excluding carboxylic acids is 2. The van der Waals surface area contributed by atoms with Gasteiger partial charge in [-0.2, -0.15) is 0 Å². The molecule has 1 unspecified atom stereocenters. The number of nitrogens with zero attached hydrogens (tertiary/aromatic N) is 3. The quantitative estimate of drug-likeness (QED) is 0.710. The fourth-order valence-electron chi connectivity index (χ4n) is 2.38. The molecular weight excluding hydrogens is 230 g/mol. The van der Waals surface area contributed by atoms with Gasteiger partial charge in [0.1, 0.15) is 6.04 Å². The van der Waals surface area contributed by atoms with Crippen molar-refractivity contribution in [3.63, 3.8) is 0 Å². The molecule has 5 heteroatoms. The number of likely N-dealkylation sites (tertiary alicyclic amines) is 1. The lowest BCUT2D eigenvalue weighted by atomic mass is 10.0. The van der Waals surface area contributed by atoms with Crippen LogP contribution in [0.1, 0.15) is 18.9 Å². The van der Waals surface area contributed by atoms with Gasteiger partial charge in [-0.15, -0.1) is 0 Å². The van der Waals surface area contributed by atoms with Crippen molar-refractivity contribution in [2.45, 2.75) is 18.9 Å². The average Bonchev–Trinajstić information content (AvgIpc) is 2.80. The van der Waals surface area contributed by atoms with E-state index in [1.54, 1.807) is 6.33 Å². The summed E-state index contributed by atoms with van der Waals surface area (Å²) in [6.45, 7) is 0. The fraction of sp³-hybridized carbons (Fsp3) is 0.308. The van der Waals surface area contributed by atoms with Crippen LogP contribution >= 0.6 is 0 Å². The monoisotopic (exact) mass is 243 g/mol. The summed E-state index contributed by atoms with van der Waals surface area (Å²) < 4.78 is 1.86. The summed E-state index contributed by atoms with van der Waals surface area (Å²) in [6, 6.07) is 7.36. The SMILES string of the molecule is CN1C(=O)CCC(n2cnc3ccccc32)C1=O. The lowest BCUT2D eigenvalue weighted by molar-refractivity contribution is -0.149. The maximum absolute atomic E-state index is 12.1. The van der Waals surface area contributed by atoms with Gasteiger partial charge in [0, 0.05) is 13.5 Å². The van der Waals surface area contributed by atoms with E-state index in [0.29, 0.717) is 12.8 Å². The summed E-state index contributed by atoms with van der Waals surface area (Å²) in [5.74, 6) is -0.268. The number of likely N-dealkylation sites (N-methyl/N-ethyl adjacent to an activating group) is 1. The number of hydrogen-bond acceptors (Lipinski definition) is 3. The van der Waals surface area contributed by atoms with Gasteiger partial charge in [-0.3, -0.25) is 14.5 Å². The first-order valence-corrected chi connectivity index (χ1v) is 5.90. The molecule has 0 saturated carbocycles. The van der Waals surface area contributed by atoms with Crippen LogP contribution < -0.4 is 0 Å². The lowest BCUT2D eigenvalue weighted by Crippen LogP contribution is -2.43. The molecule has 1 fully saturated rings. The van der Waals surface area contributed by atoms with Crippen molar-refractivity contribution in [3.8, 4) is 0 Å². The fourth-order valence-corrected chi connectivity index (χ4v) is 2.38. The summed E-state index contributed by atoms with van der Waals surface area (Å²) in [4.78, 5) is 29.1. The van der Waals surface area contributed by atoms with Crippen LogP contribution in [0.3, 0.4) is 0 Å².